The average Bonchev–Trinajstić information content (AvgIpc) is 3.00. The summed E-state index contributed by atoms with van der Waals surface area (Å²) in [6.45, 7) is 9.94. The Balaban J connectivity index is 1.47. The number of rotatable bonds is 3. The smallest absolute Gasteiger partial charge is 0.226 e. The summed E-state index contributed by atoms with van der Waals surface area (Å²) in [5.74, 6) is 1.56. The van der Waals surface area contributed by atoms with Gasteiger partial charge in [0, 0.05) is 57.4 Å². The maximum atomic E-state index is 12.7. The van der Waals surface area contributed by atoms with Gasteiger partial charge in [-0.1, -0.05) is 0 Å². The van der Waals surface area contributed by atoms with Crippen LogP contribution in [0.15, 0.2) is 0 Å². The highest BCUT2D eigenvalue weighted by atomic mass is 16.2. The summed E-state index contributed by atoms with van der Waals surface area (Å²) in [7, 11) is 4.54. The first-order chi connectivity index (χ1) is 10.6. The first kappa shape index (κ1) is 16.2. The predicted octanol–water partition coefficient (Wildman–Crippen LogP) is 0.227. The molecule has 0 aliphatic carbocycles. The molecule has 1 unspecified atom stereocenters. The number of hydrogen-bond acceptors (Lipinski definition) is 3. The van der Waals surface area contributed by atoms with Gasteiger partial charge in [-0.15, -0.1) is 0 Å². The van der Waals surface area contributed by atoms with Crippen molar-refractivity contribution in [1.82, 2.24) is 15.1 Å². The molecule has 0 spiro atoms. The number of likely N-dealkylation sites (N-methyl/N-ethyl adjacent to an activating group) is 1. The minimum atomic E-state index is 0.288. The Morgan fingerprint density at radius 1 is 1.14 bits per heavy atom. The number of nitrogens with zero attached hydrogens (tertiary/aromatic N) is 3. The van der Waals surface area contributed by atoms with Gasteiger partial charge in [-0.2, -0.15) is 0 Å². The van der Waals surface area contributed by atoms with E-state index < -0.39 is 0 Å². The molecular weight excluding hydrogens is 276 g/mol. The fourth-order valence-electron chi connectivity index (χ4n) is 4.40. The lowest BCUT2D eigenvalue weighted by Crippen LogP contribution is -2.55. The zero-order valence-corrected chi connectivity index (χ0v) is 14.4. The SMILES string of the molecule is CN1CCN(C(=O)C2CC[N+](C)(CC3CCNC3)CC2)CC1. The van der Waals surface area contributed by atoms with Crippen molar-refractivity contribution in [3.8, 4) is 0 Å². The number of quaternary nitrogens is 1. The maximum Gasteiger partial charge on any atom is 0.226 e. The number of carbonyl (C=O) groups is 1. The third-order valence-corrected chi connectivity index (χ3v) is 6.06. The molecule has 3 aliphatic rings. The van der Waals surface area contributed by atoms with Crippen LogP contribution >= 0.6 is 0 Å². The Kier molecular flexibility index (Phi) is 5.05. The zero-order chi connectivity index (χ0) is 15.6. The number of piperazine rings is 1. The number of carbonyl (C=O) groups excluding carboxylic acids is 1. The van der Waals surface area contributed by atoms with Crippen LogP contribution < -0.4 is 5.32 Å². The maximum absolute atomic E-state index is 12.7. The molecule has 3 aliphatic heterocycles. The Bertz CT molecular complexity index is 378. The molecule has 0 bridgehead atoms. The first-order valence-electron chi connectivity index (χ1n) is 9.07. The summed E-state index contributed by atoms with van der Waals surface area (Å²) in [6.07, 6.45) is 3.50. The molecule has 126 valence electrons. The van der Waals surface area contributed by atoms with Gasteiger partial charge >= 0.3 is 0 Å². The largest absolute Gasteiger partial charge is 0.340 e. The van der Waals surface area contributed by atoms with Crippen molar-refractivity contribution in [3.05, 3.63) is 0 Å². The van der Waals surface area contributed by atoms with E-state index in [0.29, 0.717) is 5.91 Å². The Morgan fingerprint density at radius 2 is 1.82 bits per heavy atom. The average molecular weight is 309 g/mol. The lowest BCUT2D eigenvalue weighted by molar-refractivity contribution is -0.917. The van der Waals surface area contributed by atoms with Crippen molar-refractivity contribution in [2.24, 2.45) is 11.8 Å². The molecule has 3 saturated heterocycles. The first-order valence-corrected chi connectivity index (χ1v) is 9.07. The summed E-state index contributed by atoms with van der Waals surface area (Å²) in [5, 5.41) is 3.48. The summed E-state index contributed by atoms with van der Waals surface area (Å²) < 4.78 is 1.18. The highest BCUT2D eigenvalue weighted by molar-refractivity contribution is 5.79. The molecule has 0 aromatic carbocycles. The number of amides is 1. The molecule has 1 N–H and O–H groups in total. The third kappa shape index (κ3) is 3.81. The van der Waals surface area contributed by atoms with Crippen molar-refractivity contribution in [3.63, 3.8) is 0 Å². The van der Waals surface area contributed by atoms with Gasteiger partial charge in [0.15, 0.2) is 0 Å². The molecule has 3 rings (SSSR count). The fraction of sp³-hybridized carbons (Fsp3) is 0.941. The molecule has 1 amide bonds. The van der Waals surface area contributed by atoms with Gasteiger partial charge in [-0.25, -0.2) is 0 Å². The molecule has 0 aromatic heterocycles. The highest BCUT2D eigenvalue weighted by Crippen LogP contribution is 2.26. The second kappa shape index (κ2) is 6.85. The quantitative estimate of drug-likeness (QED) is 0.758. The second-order valence-corrected chi connectivity index (χ2v) is 8.01. The Hall–Kier alpha value is -0.650. The van der Waals surface area contributed by atoms with E-state index in [9.17, 15) is 4.79 Å². The summed E-state index contributed by atoms with van der Waals surface area (Å²) in [5.41, 5.74) is 0. The van der Waals surface area contributed by atoms with Gasteiger partial charge in [0.25, 0.3) is 0 Å². The van der Waals surface area contributed by atoms with E-state index >= 15 is 0 Å². The van der Waals surface area contributed by atoms with E-state index in [2.05, 4.69) is 29.2 Å². The standard InChI is InChI=1S/C17H33N4O/c1-19-7-9-20(10-8-19)17(22)16-4-11-21(2,12-5-16)14-15-3-6-18-13-15/h15-16,18H,3-14H2,1-2H3/q+1. The molecule has 0 radical (unpaired) electrons. The Morgan fingerprint density at radius 3 is 2.41 bits per heavy atom. The van der Waals surface area contributed by atoms with E-state index in [4.69, 9.17) is 0 Å². The summed E-state index contributed by atoms with van der Waals surface area (Å²) in [6, 6.07) is 0. The van der Waals surface area contributed by atoms with Gasteiger partial charge in [0.1, 0.15) is 0 Å². The van der Waals surface area contributed by atoms with Crippen LogP contribution in [-0.2, 0) is 4.79 Å². The monoisotopic (exact) mass is 309 g/mol. The van der Waals surface area contributed by atoms with Gasteiger partial charge in [-0.3, -0.25) is 4.79 Å². The summed E-state index contributed by atoms with van der Waals surface area (Å²) >= 11 is 0. The van der Waals surface area contributed by atoms with Crippen molar-refractivity contribution in [2.45, 2.75) is 19.3 Å². The van der Waals surface area contributed by atoms with Crippen LogP contribution in [0, 0.1) is 11.8 Å². The minimum absolute atomic E-state index is 0.288. The summed E-state index contributed by atoms with van der Waals surface area (Å²) in [4.78, 5) is 17.1. The molecule has 0 saturated carbocycles. The third-order valence-electron chi connectivity index (χ3n) is 6.06. The lowest BCUT2D eigenvalue weighted by Gasteiger charge is -2.43. The Labute approximate surface area is 135 Å². The van der Waals surface area contributed by atoms with E-state index in [1.165, 1.54) is 43.6 Å². The normalized spacial score (nSPS) is 37.5. The van der Waals surface area contributed by atoms with Crippen LogP contribution in [0.5, 0.6) is 0 Å². The van der Waals surface area contributed by atoms with Crippen LogP contribution in [0.2, 0.25) is 0 Å². The number of piperidine rings is 1. The van der Waals surface area contributed by atoms with Crippen molar-refractivity contribution >= 4 is 5.91 Å². The van der Waals surface area contributed by atoms with Crippen molar-refractivity contribution in [2.75, 3.05) is 73.0 Å². The van der Waals surface area contributed by atoms with Gasteiger partial charge in [0.05, 0.1) is 26.7 Å². The number of likely N-dealkylation sites (tertiary alicyclic amines) is 1. The lowest BCUT2D eigenvalue weighted by atomic mass is 9.92. The van der Waals surface area contributed by atoms with Crippen LogP contribution in [0.4, 0.5) is 0 Å². The van der Waals surface area contributed by atoms with E-state index in [0.717, 1.165) is 44.9 Å². The van der Waals surface area contributed by atoms with Gasteiger partial charge in [0.2, 0.25) is 5.91 Å². The van der Waals surface area contributed by atoms with Crippen LogP contribution in [0.3, 0.4) is 0 Å². The van der Waals surface area contributed by atoms with Crippen LogP contribution in [0.1, 0.15) is 19.3 Å². The van der Waals surface area contributed by atoms with Crippen LogP contribution in [0.25, 0.3) is 0 Å². The molecular formula is C17H33N4O+. The topological polar surface area (TPSA) is 35.6 Å². The second-order valence-electron chi connectivity index (χ2n) is 8.01. The molecule has 5 nitrogen and oxygen atoms in total. The molecule has 3 heterocycles. The predicted molar refractivity (Wildman–Crippen MR) is 88.6 cm³/mol. The van der Waals surface area contributed by atoms with E-state index in [1.807, 2.05) is 0 Å². The minimum Gasteiger partial charge on any atom is -0.340 e. The zero-order valence-electron chi connectivity index (χ0n) is 14.4. The number of nitrogens with one attached hydrogen (secondary N) is 1. The van der Waals surface area contributed by atoms with Gasteiger partial charge in [-0.05, 0) is 20.0 Å². The van der Waals surface area contributed by atoms with Crippen molar-refractivity contribution < 1.29 is 9.28 Å². The van der Waals surface area contributed by atoms with E-state index in [-0.39, 0.29) is 5.92 Å². The molecule has 3 fully saturated rings. The van der Waals surface area contributed by atoms with Crippen molar-refractivity contribution in [1.29, 1.82) is 0 Å². The van der Waals surface area contributed by atoms with Gasteiger partial charge < -0.3 is 19.6 Å². The van der Waals surface area contributed by atoms with Crippen LogP contribution in [-0.4, -0.2) is 93.2 Å². The number of hydrogen-bond donors (Lipinski definition) is 1. The molecule has 0 aromatic rings. The highest BCUT2D eigenvalue weighted by Gasteiger charge is 2.37. The molecule has 22 heavy (non-hydrogen) atoms. The molecule has 1 atom stereocenters. The van der Waals surface area contributed by atoms with E-state index in [1.54, 1.807) is 0 Å². The fourth-order valence-corrected chi connectivity index (χ4v) is 4.40. The molecule has 5 heteroatoms.